The summed E-state index contributed by atoms with van der Waals surface area (Å²) >= 11 is 0. The molecule has 0 unspecified atom stereocenters. The average molecular weight is 311 g/mol. The lowest BCUT2D eigenvalue weighted by molar-refractivity contribution is 0.182. The standard InChI is InChI=1S/C15H17N7O/c1-2-12-18-19-13-9-21(6-7-22(12)13)10-14-17-15(20-23-14)11-4-3-5-16-8-11/h3-5,8H,2,6-7,9-10H2,1H3. The van der Waals surface area contributed by atoms with Crippen LogP contribution in [0.1, 0.15) is 24.5 Å². The van der Waals surface area contributed by atoms with Crippen LogP contribution in [0.4, 0.5) is 0 Å². The summed E-state index contributed by atoms with van der Waals surface area (Å²) in [4.78, 5) is 10.8. The number of aryl methyl sites for hydroxylation is 1. The van der Waals surface area contributed by atoms with Gasteiger partial charge in [-0.05, 0) is 12.1 Å². The first-order chi connectivity index (χ1) is 11.3. The van der Waals surface area contributed by atoms with Gasteiger partial charge in [0.25, 0.3) is 0 Å². The minimum atomic E-state index is 0.571. The van der Waals surface area contributed by atoms with Gasteiger partial charge in [0.05, 0.1) is 13.1 Å². The Morgan fingerprint density at radius 1 is 1.26 bits per heavy atom. The van der Waals surface area contributed by atoms with E-state index in [0.717, 1.165) is 43.3 Å². The zero-order valence-electron chi connectivity index (χ0n) is 12.9. The molecule has 1 aliphatic rings. The van der Waals surface area contributed by atoms with Gasteiger partial charge >= 0.3 is 0 Å². The molecule has 4 heterocycles. The summed E-state index contributed by atoms with van der Waals surface area (Å²) in [6, 6.07) is 3.77. The summed E-state index contributed by atoms with van der Waals surface area (Å²) in [6.45, 7) is 5.28. The molecule has 0 fully saturated rings. The number of fused-ring (bicyclic) bond motifs is 1. The van der Waals surface area contributed by atoms with E-state index in [-0.39, 0.29) is 0 Å². The molecule has 1 aliphatic heterocycles. The molecule has 8 heteroatoms. The highest BCUT2D eigenvalue weighted by Gasteiger charge is 2.22. The van der Waals surface area contributed by atoms with E-state index in [0.29, 0.717) is 18.3 Å². The number of hydrogen-bond donors (Lipinski definition) is 0. The molecule has 0 N–H and O–H groups in total. The Labute approximate surface area is 133 Å². The lowest BCUT2D eigenvalue weighted by Crippen LogP contribution is -2.34. The molecular weight excluding hydrogens is 294 g/mol. The van der Waals surface area contributed by atoms with Crippen LogP contribution in [0.15, 0.2) is 29.0 Å². The van der Waals surface area contributed by atoms with Crippen LogP contribution in [-0.2, 0) is 26.1 Å². The Hall–Kier alpha value is -2.61. The van der Waals surface area contributed by atoms with Crippen LogP contribution in [0.3, 0.4) is 0 Å². The molecular formula is C15H17N7O. The van der Waals surface area contributed by atoms with Crippen LogP contribution in [-0.4, -0.2) is 41.3 Å². The van der Waals surface area contributed by atoms with Crippen molar-refractivity contribution < 1.29 is 4.52 Å². The van der Waals surface area contributed by atoms with Crippen LogP contribution < -0.4 is 0 Å². The fraction of sp³-hybridized carbons (Fsp3) is 0.400. The van der Waals surface area contributed by atoms with Gasteiger partial charge in [0, 0.05) is 37.5 Å². The third-order valence-electron chi connectivity index (χ3n) is 3.97. The quantitative estimate of drug-likeness (QED) is 0.718. The van der Waals surface area contributed by atoms with E-state index < -0.39 is 0 Å². The van der Waals surface area contributed by atoms with Gasteiger partial charge < -0.3 is 9.09 Å². The second kappa shape index (κ2) is 5.88. The summed E-state index contributed by atoms with van der Waals surface area (Å²) < 4.78 is 7.56. The Kier molecular flexibility index (Phi) is 3.58. The predicted octanol–water partition coefficient (Wildman–Crippen LogP) is 1.30. The van der Waals surface area contributed by atoms with E-state index >= 15 is 0 Å². The minimum Gasteiger partial charge on any atom is -0.338 e. The predicted molar refractivity (Wildman–Crippen MR) is 81.0 cm³/mol. The molecule has 0 saturated heterocycles. The number of hydrogen-bond acceptors (Lipinski definition) is 7. The van der Waals surface area contributed by atoms with Gasteiger partial charge in [0.1, 0.15) is 11.6 Å². The van der Waals surface area contributed by atoms with Gasteiger partial charge in [-0.25, -0.2) is 0 Å². The summed E-state index contributed by atoms with van der Waals surface area (Å²) in [6.07, 6.45) is 4.36. The van der Waals surface area contributed by atoms with E-state index in [1.807, 2.05) is 12.1 Å². The number of nitrogens with zero attached hydrogens (tertiary/aromatic N) is 7. The largest absolute Gasteiger partial charge is 0.338 e. The van der Waals surface area contributed by atoms with Crippen molar-refractivity contribution in [3.8, 4) is 11.4 Å². The molecule has 0 aliphatic carbocycles. The van der Waals surface area contributed by atoms with Crippen LogP contribution in [0.5, 0.6) is 0 Å². The summed E-state index contributed by atoms with van der Waals surface area (Å²) in [5.74, 6) is 3.23. The van der Waals surface area contributed by atoms with Crippen molar-refractivity contribution >= 4 is 0 Å². The van der Waals surface area contributed by atoms with Crippen molar-refractivity contribution in [3.05, 3.63) is 42.1 Å². The van der Waals surface area contributed by atoms with Gasteiger partial charge in [0.15, 0.2) is 0 Å². The zero-order chi connectivity index (χ0) is 15.6. The molecule has 8 nitrogen and oxygen atoms in total. The molecule has 0 bridgehead atoms. The molecule has 4 rings (SSSR count). The maximum absolute atomic E-state index is 5.36. The lowest BCUT2D eigenvalue weighted by atomic mass is 10.3. The summed E-state index contributed by atoms with van der Waals surface area (Å²) in [7, 11) is 0. The van der Waals surface area contributed by atoms with Gasteiger partial charge in [-0.2, -0.15) is 4.98 Å². The Morgan fingerprint density at radius 3 is 3.04 bits per heavy atom. The van der Waals surface area contributed by atoms with Crippen molar-refractivity contribution in [3.63, 3.8) is 0 Å². The molecule has 0 spiro atoms. The van der Waals surface area contributed by atoms with Gasteiger partial charge in [-0.1, -0.05) is 12.1 Å². The number of pyridine rings is 1. The van der Waals surface area contributed by atoms with E-state index in [9.17, 15) is 0 Å². The first-order valence-electron chi connectivity index (χ1n) is 7.70. The SMILES string of the molecule is CCc1nnc2n1CCN(Cc1nc(-c3cccnc3)no1)C2. The molecule has 118 valence electrons. The topological polar surface area (TPSA) is 85.8 Å². The van der Waals surface area contributed by atoms with Crippen molar-refractivity contribution in [2.75, 3.05) is 6.54 Å². The zero-order valence-corrected chi connectivity index (χ0v) is 12.9. The molecule has 23 heavy (non-hydrogen) atoms. The molecule has 0 aromatic carbocycles. The fourth-order valence-corrected chi connectivity index (χ4v) is 2.79. The highest BCUT2D eigenvalue weighted by atomic mass is 16.5. The first kappa shape index (κ1) is 14.0. The van der Waals surface area contributed by atoms with Crippen molar-refractivity contribution in [1.29, 1.82) is 0 Å². The maximum Gasteiger partial charge on any atom is 0.241 e. The number of aromatic nitrogens is 6. The highest BCUT2D eigenvalue weighted by molar-refractivity contribution is 5.51. The monoisotopic (exact) mass is 311 g/mol. The third kappa shape index (κ3) is 2.72. The van der Waals surface area contributed by atoms with Gasteiger partial charge in [0.2, 0.25) is 11.7 Å². The van der Waals surface area contributed by atoms with Gasteiger partial charge in [-0.15, -0.1) is 10.2 Å². The van der Waals surface area contributed by atoms with E-state index in [2.05, 4.69) is 41.7 Å². The second-order valence-electron chi connectivity index (χ2n) is 5.50. The van der Waals surface area contributed by atoms with Crippen LogP contribution in [0, 0.1) is 0 Å². The van der Waals surface area contributed by atoms with Crippen molar-refractivity contribution in [2.24, 2.45) is 0 Å². The maximum atomic E-state index is 5.36. The first-order valence-corrected chi connectivity index (χ1v) is 7.70. The minimum absolute atomic E-state index is 0.571. The molecule has 0 radical (unpaired) electrons. The fourth-order valence-electron chi connectivity index (χ4n) is 2.79. The summed E-state index contributed by atoms with van der Waals surface area (Å²) in [5.41, 5.74) is 0.855. The average Bonchev–Trinajstić information content (AvgIpc) is 3.22. The lowest BCUT2D eigenvalue weighted by Gasteiger charge is -2.26. The smallest absolute Gasteiger partial charge is 0.241 e. The highest BCUT2D eigenvalue weighted by Crippen LogP contribution is 2.17. The van der Waals surface area contributed by atoms with Crippen LogP contribution in [0.25, 0.3) is 11.4 Å². The van der Waals surface area contributed by atoms with Crippen LogP contribution in [0.2, 0.25) is 0 Å². The van der Waals surface area contributed by atoms with Crippen molar-refractivity contribution in [1.82, 2.24) is 34.8 Å². The second-order valence-corrected chi connectivity index (χ2v) is 5.50. The van der Waals surface area contributed by atoms with Crippen molar-refractivity contribution in [2.45, 2.75) is 33.0 Å². The number of rotatable bonds is 4. The Bertz CT molecular complexity index is 795. The third-order valence-corrected chi connectivity index (χ3v) is 3.97. The van der Waals surface area contributed by atoms with E-state index in [1.165, 1.54) is 0 Å². The van der Waals surface area contributed by atoms with E-state index in [4.69, 9.17) is 4.52 Å². The molecule has 3 aromatic rings. The molecule has 3 aromatic heterocycles. The summed E-state index contributed by atoms with van der Waals surface area (Å²) in [5, 5.41) is 12.5. The van der Waals surface area contributed by atoms with E-state index in [1.54, 1.807) is 12.4 Å². The van der Waals surface area contributed by atoms with Gasteiger partial charge in [-0.3, -0.25) is 9.88 Å². The molecule has 0 saturated carbocycles. The Morgan fingerprint density at radius 2 is 2.22 bits per heavy atom. The Balaban J connectivity index is 1.46. The normalized spacial score (nSPS) is 14.8. The molecule has 0 atom stereocenters. The van der Waals surface area contributed by atoms with Crippen LogP contribution >= 0.6 is 0 Å². The molecule has 0 amide bonds.